The van der Waals surface area contributed by atoms with Gasteiger partial charge in [-0.2, -0.15) is 0 Å². The average molecular weight is 491 g/mol. The Hall–Kier alpha value is -3.81. The highest BCUT2D eigenvalue weighted by molar-refractivity contribution is 5.94. The van der Waals surface area contributed by atoms with Crippen LogP contribution in [0.3, 0.4) is 0 Å². The zero-order chi connectivity index (χ0) is 26.0. The zero-order valence-corrected chi connectivity index (χ0v) is 19.0. The number of carbonyl (C=O) groups is 4. The lowest BCUT2D eigenvalue weighted by atomic mass is 10.0. The van der Waals surface area contributed by atoms with Crippen LogP contribution in [-0.4, -0.2) is 85.9 Å². The predicted octanol–water partition coefficient (Wildman–Crippen LogP) is -2.57. The highest BCUT2D eigenvalue weighted by Crippen LogP contribution is 2.05. The Kier molecular flexibility index (Phi) is 10.3. The van der Waals surface area contributed by atoms with E-state index in [4.69, 9.17) is 10.8 Å². The fraction of sp³-hybridized carbons (Fsp3) is 0.409. The van der Waals surface area contributed by atoms with Crippen molar-refractivity contribution in [3.8, 4) is 0 Å². The number of carboxylic acids is 1. The van der Waals surface area contributed by atoms with Crippen molar-refractivity contribution in [3.63, 3.8) is 0 Å². The Labute approximate surface area is 201 Å². The van der Waals surface area contributed by atoms with Gasteiger partial charge in [-0.15, -0.1) is 0 Å². The Morgan fingerprint density at radius 3 is 2.17 bits per heavy atom. The molecule has 0 aliphatic carbocycles. The van der Waals surface area contributed by atoms with E-state index in [1.165, 1.54) is 19.4 Å². The molecule has 0 aliphatic heterocycles. The first kappa shape index (κ1) is 27.4. The van der Waals surface area contributed by atoms with Crippen LogP contribution in [-0.2, 0) is 32.0 Å². The van der Waals surface area contributed by atoms with Gasteiger partial charge in [0.2, 0.25) is 17.7 Å². The van der Waals surface area contributed by atoms with Crippen molar-refractivity contribution in [2.75, 3.05) is 6.61 Å². The number of nitrogens with one attached hydrogen (secondary N) is 4. The van der Waals surface area contributed by atoms with Gasteiger partial charge in [-0.05, 0) is 18.9 Å². The molecule has 5 unspecified atom stereocenters. The fourth-order valence-corrected chi connectivity index (χ4v) is 3.17. The van der Waals surface area contributed by atoms with Crippen LogP contribution in [0.4, 0.5) is 0 Å². The minimum Gasteiger partial charge on any atom is -0.480 e. The maximum atomic E-state index is 13.0. The summed E-state index contributed by atoms with van der Waals surface area (Å²) in [5.74, 6) is -3.95. The summed E-state index contributed by atoms with van der Waals surface area (Å²) in [5.41, 5.74) is 7.34. The van der Waals surface area contributed by atoms with Crippen LogP contribution >= 0.6 is 0 Å². The summed E-state index contributed by atoms with van der Waals surface area (Å²) in [6, 6.07) is 3.71. The number of nitrogens with zero attached hydrogens (tertiary/aromatic N) is 1. The first-order valence-corrected chi connectivity index (χ1v) is 10.8. The van der Waals surface area contributed by atoms with Crippen molar-refractivity contribution in [2.24, 2.45) is 5.73 Å². The minimum absolute atomic E-state index is 0.0270. The van der Waals surface area contributed by atoms with Crippen LogP contribution in [0.1, 0.15) is 18.2 Å². The van der Waals surface area contributed by atoms with Crippen LogP contribution in [0, 0.1) is 0 Å². The number of aliphatic hydroxyl groups is 2. The van der Waals surface area contributed by atoms with Crippen LogP contribution in [0.2, 0.25) is 0 Å². The molecule has 3 amide bonds. The van der Waals surface area contributed by atoms with Crippen molar-refractivity contribution < 1.29 is 34.5 Å². The number of aliphatic carboxylic acids is 1. The van der Waals surface area contributed by atoms with Crippen molar-refractivity contribution in [3.05, 3.63) is 54.1 Å². The maximum absolute atomic E-state index is 13.0. The van der Waals surface area contributed by atoms with Crippen LogP contribution in [0.25, 0.3) is 0 Å². The number of aromatic amines is 1. The van der Waals surface area contributed by atoms with Gasteiger partial charge in [0.05, 0.1) is 25.1 Å². The third-order valence-corrected chi connectivity index (χ3v) is 5.11. The summed E-state index contributed by atoms with van der Waals surface area (Å²) < 4.78 is 0. The van der Waals surface area contributed by atoms with Gasteiger partial charge in [0.15, 0.2) is 6.04 Å². The smallest absolute Gasteiger partial charge is 0.328 e. The van der Waals surface area contributed by atoms with Crippen molar-refractivity contribution >= 4 is 23.7 Å². The van der Waals surface area contributed by atoms with E-state index >= 15 is 0 Å². The summed E-state index contributed by atoms with van der Waals surface area (Å²) in [6.07, 6.45) is 1.61. The zero-order valence-electron chi connectivity index (χ0n) is 19.0. The molecule has 13 nitrogen and oxygen atoms in total. The molecule has 2 aromatic rings. The Bertz CT molecular complexity index is 983. The highest BCUT2D eigenvalue weighted by atomic mass is 16.4. The Morgan fingerprint density at radius 1 is 1.00 bits per heavy atom. The van der Waals surface area contributed by atoms with Crippen molar-refractivity contribution in [1.29, 1.82) is 0 Å². The standard InChI is InChI=1S/C22H30N6O7/c1-12(30)18(22(34)35)28-21(33)17(10-29)27-20(32)16(8-14-9-24-11-25-14)26-19(31)15(23)7-13-5-3-2-4-6-13/h2-6,9,11-12,15-18,29-30H,7-8,10,23H2,1H3,(H,24,25)(H,26,31)(H,27,32)(H,28,33)(H,34,35). The number of amides is 3. The van der Waals surface area contributed by atoms with Gasteiger partial charge in [-0.3, -0.25) is 14.4 Å². The first-order valence-electron chi connectivity index (χ1n) is 10.8. The lowest BCUT2D eigenvalue weighted by Crippen LogP contribution is -2.59. The van der Waals surface area contributed by atoms with E-state index < -0.39 is 60.6 Å². The molecular formula is C22H30N6O7. The molecule has 190 valence electrons. The number of aliphatic hydroxyl groups excluding tert-OH is 2. The molecule has 1 heterocycles. The van der Waals surface area contributed by atoms with Gasteiger partial charge in [-0.1, -0.05) is 30.3 Å². The quantitative estimate of drug-likeness (QED) is 0.148. The molecule has 1 aromatic heterocycles. The number of imidazole rings is 1. The summed E-state index contributed by atoms with van der Waals surface area (Å²) >= 11 is 0. The molecule has 0 spiro atoms. The number of benzene rings is 1. The van der Waals surface area contributed by atoms with Gasteiger partial charge in [0.1, 0.15) is 12.1 Å². The largest absolute Gasteiger partial charge is 0.480 e. The molecule has 0 saturated carbocycles. The second-order valence-corrected chi connectivity index (χ2v) is 7.95. The highest BCUT2D eigenvalue weighted by Gasteiger charge is 2.31. The molecule has 0 radical (unpaired) electrons. The van der Waals surface area contributed by atoms with E-state index in [2.05, 4.69) is 25.9 Å². The molecule has 2 rings (SSSR count). The molecule has 13 heteroatoms. The van der Waals surface area contributed by atoms with Crippen molar-refractivity contribution in [2.45, 2.75) is 50.0 Å². The third kappa shape index (κ3) is 8.48. The van der Waals surface area contributed by atoms with E-state index in [9.17, 15) is 29.4 Å². The van der Waals surface area contributed by atoms with E-state index in [0.29, 0.717) is 5.69 Å². The maximum Gasteiger partial charge on any atom is 0.328 e. The molecule has 0 aliphatic rings. The second kappa shape index (κ2) is 13.2. The summed E-state index contributed by atoms with van der Waals surface area (Å²) in [7, 11) is 0. The molecule has 5 atom stereocenters. The lowest BCUT2D eigenvalue weighted by molar-refractivity contribution is -0.145. The number of rotatable bonds is 13. The lowest BCUT2D eigenvalue weighted by Gasteiger charge is -2.24. The van der Waals surface area contributed by atoms with Gasteiger partial charge in [0.25, 0.3) is 0 Å². The summed E-state index contributed by atoms with van der Waals surface area (Å²) in [4.78, 5) is 56.0. The van der Waals surface area contributed by atoms with Crippen molar-refractivity contribution in [1.82, 2.24) is 25.9 Å². The molecule has 35 heavy (non-hydrogen) atoms. The van der Waals surface area contributed by atoms with Crippen LogP contribution < -0.4 is 21.7 Å². The first-order chi connectivity index (χ1) is 16.6. The minimum atomic E-state index is -1.65. The van der Waals surface area contributed by atoms with Gasteiger partial charge in [-0.25, -0.2) is 9.78 Å². The number of hydrogen-bond donors (Lipinski definition) is 8. The molecular weight excluding hydrogens is 460 g/mol. The third-order valence-electron chi connectivity index (χ3n) is 5.11. The average Bonchev–Trinajstić information content (AvgIpc) is 3.33. The number of carbonyl (C=O) groups excluding carboxylic acids is 3. The van der Waals surface area contributed by atoms with Gasteiger partial charge in [0, 0.05) is 18.3 Å². The molecule has 0 bridgehead atoms. The summed E-state index contributed by atoms with van der Waals surface area (Å²) in [6.45, 7) is 0.308. The number of aromatic nitrogens is 2. The van der Waals surface area contributed by atoms with E-state index in [-0.39, 0.29) is 12.8 Å². The molecule has 0 saturated heterocycles. The number of nitrogens with two attached hydrogens (primary N) is 1. The molecule has 0 fully saturated rings. The fourth-order valence-electron chi connectivity index (χ4n) is 3.17. The summed E-state index contributed by atoms with van der Waals surface area (Å²) in [5, 5.41) is 35.2. The molecule has 9 N–H and O–H groups in total. The number of H-pyrrole nitrogens is 1. The topological polar surface area (TPSA) is 220 Å². The van der Waals surface area contributed by atoms with E-state index in [1.54, 1.807) is 12.1 Å². The Morgan fingerprint density at radius 2 is 1.63 bits per heavy atom. The number of carboxylic acid groups (broad SMARTS) is 1. The van der Waals surface area contributed by atoms with E-state index in [0.717, 1.165) is 5.56 Å². The molecule has 1 aromatic carbocycles. The van der Waals surface area contributed by atoms with Gasteiger partial charge >= 0.3 is 5.97 Å². The number of hydrogen-bond acceptors (Lipinski definition) is 8. The predicted molar refractivity (Wildman–Crippen MR) is 123 cm³/mol. The van der Waals surface area contributed by atoms with Crippen LogP contribution in [0.15, 0.2) is 42.9 Å². The van der Waals surface area contributed by atoms with E-state index in [1.807, 2.05) is 18.2 Å². The monoisotopic (exact) mass is 490 g/mol. The van der Waals surface area contributed by atoms with Crippen LogP contribution in [0.5, 0.6) is 0 Å². The SMILES string of the molecule is CC(O)C(NC(=O)C(CO)NC(=O)C(Cc1cnc[nH]1)NC(=O)C(N)Cc1ccccc1)C(=O)O. The van der Waals surface area contributed by atoms with Gasteiger partial charge < -0.3 is 42.0 Å². The second-order valence-electron chi connectivity index (χ2n) is 7.95. The Balaban J connectivity index is 2.10. The normalized spacial score (nSPS) is 15.2.